The van der Waals surface area contributed by atoms with E-state index >= 15 is 0 Å². The molecule has 0 aromatic heterocycles. The summed E-state index contributed by atoms with van der Waals surface area (Å²) in [6.45, 7) is 2.94. The molecule has 0 saturated heterocycles. The Morgan fingerprint density at radius 2 is 2.12 bits per heavy atom. The topological polar surface area (TPSA) is 20.3 Å². The lowest BCUT2D eigenvalue weighted by molar-refractivity contribution is -0.117. The first-order chi connectivity index (χ1) is 8.22. The van der Waals surface area contributed by atoms with Gasteiger partial charge in [0.2, 0.25) is 5.91 Å². The zero-order valence-corrected chi connectivity index (χ0v) is 11.8. The van der Waals surface area contributed by atoms with E-state index in [4.69, 9.17) is 0 Å². The first-order valence-electron chi connectivity index (χ1n) is 6.18. The van der Waals surface area contributed by atoms with Gasteiger partial charge in [0.25, 0.3) is 0 Å². The van der Waals surface area contributed by atoms with E-state index < -0.39 is 0 Å². The van der Waals surface area contributed by atoms with Crippen LogP contribution in [0.4, 0.5) is 5.69 Å². The molecular formula is C14H18BrNO. The van der Waals surface area contributed by atoms with E-state index in [1.807, 2.05) is 4.90 Å². The molecule has 0 aliphatic carbocycles. The summed E-state index contributed by atoms with van der Waals surface area (Å²) in [5.74, 6) is 0.254. The first-order valence-corrected chi connectivity index (χ1v) is 7.30. The number of anilines is 1. The SMILES string of the molecule is Cc1ccc2c(c1)CC(=O)N2CCCCCBr. The van der Waals surface area contributed by atoms with Crippen molar-refractivity contribution >= 4 is 27.5 Å². The van der Waals surface area contributed by atoms with Crippen LogP contribution in [-0.4, -0.2) is 17.8 Å². The summed E-state index contributed by atoms with van der Waals surface area (Å²) in [7, 11) is 0. The number of alkyl halides is 1. The second-order valence-corrected chi connectivity index (χ2v) is 5.40. The number of amides is 1. The number of aryl methyl sites for hydroxylation is 1. The van der Waals surface area contributed by atoms with Gasteiger partial charge in [-0.05, 0) is 31.4 Å². The Bertz CT molecular complexity index is 417. The molecule has 0 unspecified atom stereocenters. The van der Waals surface area contributed by atoms with Gasteiger partial charge in [-0.15, -0.1) is 0 Å². The lowest BCUT2D eigenvalue weighted by atomic mass is 10.1. The molecule has 0 bridgehead atoms. The van der Waals surface area contributed by atoms with Crippen molar-refractivity contribution in [3.63, 3.8) is 0 Å². The molecule has 2 nitrogen and oxygen atoms in total. The molecule has 17 heavy (non-hydrogen) atoms. The van der Waals surface area contributed by atoms with E-state index in [0.29, 0.717) is 6.42 Å². The van der Waals surface area contributed by atoms with Gasteiger partial charge in [0.05, 0.1) is 6.42 Å². The summed E-state index contributed by atoms with van der Waals surface area (Å²) in [5.41, 5.74) is 3.55. The quantitative estimate of drug-likeness (QED) is 0.602. The number of unbranched alkanes of at least 4 members (excludes halogenated alkanes) is 2. The van der Waals surface area contributed by atoms with Crippen LogP contribution < -0.4 is 4.90 Å². The molecular weight excluding hydrogens is 278 g/mol. The number of carbonyl (C=O) groups is 1. The number of benzene rings is 1. The maximum atomic E-state index is 11.9. The van der Waals surface area contributed by atoms with Crippen LogP contribution in [0.3, 0.4) is 0 Å². The number of nitrogens with zero attached hydrogens (tertiary/aromatic N) is 1. The minimum atomic E-state index is 0.254. The van der Waals surface area contributed by atoms with Gasteiger partial charge in [0.15, 0.2) is 0 Å². The lowest BCUT2D eigenvalue weighted by Crippen LogP contribution is -2.27. The Hall–Kier alpha value is -0.830. The third kappa shape index (κ3) is 2.89. The van der Waals surface area contributed by atoms with Gasteiger partial charge in [0, 0.05) is 17.6 Å². The average molecular weight is 296 g/mol. The Morgan fingerprint density at radius 1 is 1.29 bits per heavy atom. The van der Waals surface area contributed by atoms with E-state index in [2.05, 4.69) is 41.1 Å². The number of fused-ring (bicyclic) bond motifs is 1. The highest BCUT2D eigenvalue weighted by atomic mass is 79.9. The summed E-state index contributed by atoms with van der Waals surface area (Å²) < 4.78 is 0. The van der Waals surface area contributed by atoms with E-state index in [9.17, 15) is 4.79 Å². The Kier molecular flexibility index (Phi) is 4.21. The largest absolute Gasteiger partial charge is 0.312 e. The maximum absolute atomic E-state index is 11.9. The van der Waals surface area contributed by atoms with Crippen LogP contribution in [-0.2, 0) is 11.2 Å². The molecule has 1 aromatic rings. The molecule has 2 rings (SSSR count). The highest BCUT2D eigenvalue weighted by Gasteiger charge is 2.26. The second kappa shape index (κ2) is 5.67. The molecule has 0 N–H and O–H groups in total. The summed E-state index contributed by atoms with van der Waals surface area (Å²) in [6.07, 6.45) is 4.03. The van der Waals surface area contributed by atoms with Gasteiger partial charge in [0.1, 0.15) is 0 Å². The van der Waals surface area contributed by atoms with Crippen molar-refractivity contribution in [2.24, 2.45) is 0 Å². The zero-order valence-electron chi connectivity index (χ0n) is 10.2. The third-order valence-corrected chi connectivity index (χ3v) is 3.74. The smallest absolute Gasteiger partial charge is 0.231 e. The monoisotopic (exact) mass is 295 g/mol. The van der Waals surface area contributed by atoms with Gasteiger partial charge in [-0.1, -0.05) is 40.0 Å². The van der Waals surface area contributed by atoms with Crippen LogP contribution in [0.5, 0.6) is 0 Å². The second-order valence-electron chi connectivity index (χ2n) is 4.60. The summed E-state index contributed by atoms with van der Waals surface area (Å²) in [5, 5.41) is 1.05. The first kappa shape index (κ1) is 12.6. The van der Waals surface area contributed by atoms with Crippen molar-refractivity contribution in [1.29, 1.82) is 0 Å². The fraction of sp³-hybridized carbons (Fsp3) is 0.500. The molecule has 1 amide bonds. The molecule has 3 heteroatoms. The predicted molar refractivity (Wildman–Crippen MR) is 74.9 cm³/mol. The van der Waals surface area contributed by atoms with E-state index in [0.717, 1.165) is 24.0 Å². The average Bonchev–Trinajstić information content (AvgIpc) is 2.60. The van der Waals surface area contributed by atoms with Gasteiger partial charge in [-0.2, -0.15) is 0 Å². The highest BCUT2D eigenvalue weighted by Crippen LogP contribution is 2.29. The van der Waals surface area contributed by atoms with Gasteiger partial charge >= 0.3 is 0 Å². The van der Waals surface area contributed by atoms with Crippen molar-refractivity contribution in [2.45, 2.75) is 32.6 Å². The minimum absolute atomic E-state index is 0.254. The molecule has 0 spiro atoms. The molecule has 1 heterocycles. The molecule has 0 radical (unpaired) electrons. The van der Waals surface area contributed by atoms with Crippen LogP contribution in [0.1, 0.15) is 30.4 Å². The van der Waals surface area contributed by atoms with E-state index in [1.165, 1.54) is 24.0 Å². The molecule has 0 fully saturated rings. The van der Waals surface area contributed by atoms with Gasteiger partial charge < -0.3 is 4.90 Å². The summed E-state index contributed by atoms with van der Waals surface area (Å²) >= 11 is 3.43. The number of rotatable bonds is 5. The van der Waals surface area contributed by atoms with Gasteiger partial charge in [-0.3, -0.25) is 4.79 Å². The Morgan fingerprint density at radius 3 is 2.88 bits per heavy atom. The zero-order chi connectivity index (χ0) is 12.3. The molecule has 1 aromatic carbocycles. The lowest BCUT2D eigenvalue weighted by Gasteiger charge is -2.17. The number of carbonyl (C=O) groups excluding carboxylic acids is 1. The van der Waals surface area contributed by atoms with E-state index in [1.54, 1.807) is 0 Å². The molecule has 1 aliphatic heterocycles. The van der Waals surface area contributed by atoms with Crippen LogP contribution in [0.25, 0.3) is 0 Å². The van der Waals surface area contributed by atoms with Crippen molar-refractivity contribution < 1.29 is 4.79 Å². The fourth-order valence-corrected chi connectivity index (χ4v) is 2.69. The van der Waals surface area contributed by atoms with E-state index in [-0.39, 0.29) is 5.91 Å². The summed E-state index contributed by atoms with van der Waals surface area (Å²) in [4.78, 5) is 13.9. The Balaban J connectivity index is 2.02. The molecule has 0 saturated carbocycles. The van der Waals surface area contributed by atoms with Crippen molar-refractivity contribution in [2.75, 3.05) is 16.8 Å². The molecule has 1 aliphatic rings. The summed E-state index contributed by atoms with van der Waals surface area (Å²) in [6, 6.07) is 6.30. The molecule has 0 atom stereocenters. The minimum Gasteiger partial charge on any atom is -0.312 e. The van der Waals surface area contributed by atoms with Crippen molar-refractivity contribution in [3.05, 3.63) is 29.3 Å². The predicted octanol–water partition coefficient (Wildman–Crippen LogP) is 3.45. The van der Waals surface area contributed by atoms with Crippen molar-refractivity contribution in [1.82, 2.24) is 0 Å². The third-order valence-electron chi connectivity index (χ3n) is 3.18. The standard InChI is InChI=1S/C14H18BrNO/c1-11-5-6-13-12(9-11)10-14(17)16(13)8-4-2-3-7-15/h5-6,9H,2-4,7-8,10H2,1H3. The van der Waals surface area contributed by atoms with Crippen LogP contribution in [0.2, 0.25) is 0 Å². The number of halogens is 1. The van der Waals surface area contributed by atoms with Crippen LogP contribution in [0.15, 0.2) is 18.2 Å². The molecule has 92 valence electrons. The highest BCUT2D eigenvalue weighted by molar-refractivity contribution is 9.09. The van der Waals surface area contributed by atoms with Crippen LogP contribution >= 0.6 is 15.9 Å². The van der Waals surface area contributed by atoms with Crippen molar-refractivity contribution in [3.8, 4) is 0 Å². The number of hydrogen-bond donors (Lipinski definition) is 0. The maximum Gasteiger partial charge on any atom is 0.231 e. The van der Waals surface area contributed by atoms with Gasteiger partial charge in [-0.25, -0.2) is 0 Å². The van der Waals surface area contributed by atoms with Crippen LogP contribution in [0, 0.1) is 6.92 Å². The Labute approximate surface area is 111 Å². The number of hydrogen-bond acceptors (Lipinski definition) is 1. The normalized spacial score (nSPS) is 14.2. The fourth-order valence-electron chi connectivity index (χ4n) is 2.30.